The summed E-state index contributed by atoms with van der Waals surface area (Å²) in [4.78, 5) is 47.2. The van der Waals surface area contributed by atoms with Crippen molar-refractivity contribution in [1.82, 2.24) is 0 Å². The molecule has 0 atom stereocenters. The monoisotopic (exact) mass is 298 g/mol. The normalized spacial score (nSPS) is 13.9. The number of rotatable bonds is 4. The number of hydrogen-bond donors (Lipinski definition) is 0. The van der Waals surface area contributed by atoms with Crippen LogP contribution in [-0.4, -0.2) is 52.3 Å². The summed E-state index contributed by atoms with van der Waals surface area (Å²) in [6, 6.07) is 0. The SMILES string of the molecule is COC(=O)C1=C(C(=O)OC)C(C(=O)OC)=C(C(=O)OC)C1. The van der Waals surface area contributed by atoms with Gasteiger partial charge >= 0.3 is 23.9 Å². The molecule has 0 aliphatic heterocycles. The lowest BCUT2D eigenvalue weighted by atomic mass is 10.1. The Labute approximate surface area is 120 Å². The second-order valence-corrected chi connectivity index (χ2v) is 3.85. The van der Waals surface area contributed by atoms with Gasteiger partial charge in [0.15, 0.2) is 0 Å². The van der Waals surface area contributed by atoms with Crippen LogP contribution in [0.15, 0.2) is 22.3 Å². The zero-order valence-electron chi connectivity index (χ0n) is 12.0. The number of carbonyl (C=O) groups excluding carboxylic acids is 4. The van der Waals surface area contributed by atoms with Crippen molar-refractivity contribution >= 4 is 23.9 Å². The largest absolute Gasteiger partial charge is 0.466 e. The molecule has 1 aliphatic carbocycles. The average molecular weight is 298 g/mol. The summed E-state index contributed by atoms with van der Waals surface area (Å²) < 4.78 is 18.2. The van der Waals surface area contributed by atoms with E-state index in [4.69, 9.17) is 0 Å². The molecule has 0 aromatic heterocycles. The summed E-state index contributed by atoms with van der Waals surface area (Å²) in [6.07, 6.45) is -0.284. The third kappa shape index (κ3) is 2.93. The van der Waals surface area contributed by atoms with Crippen LogP contribution >= 0.6 is 0 Å². The molecule has 0 bridgehead atoms. The quantitative estimate of drug-likeness (QED) is 0.513. The van der Waals surface area contributed by atoms with Gasteiger partial charge in [0.2, 0.25) is 0 Å². The van der Waals surface area contributed by atoms with Crippen LogP contribution in [0.2, 0.25) is 0 Å². The third-order valence-electron chi connectivity index (χ3n) is 2.85. The first-order chi connectivity index (χ1) is 9.92. The van der Waals surface area contributed by atoms with E-state index in [9.17, 15) is 19.2 Å². The molecule has 1 aliphatic rings. The van der Waals surface area contributed by atoms with Crippen molar-refractivity contribution in [2.75, 3.05) is 28.4 Å². The predicted molar refractivity (Wildman–Crippen MR) is 66.7 cm³/mol. The Kier molecular flexibility index (Phi) is 5.23. The van der Waals surface area contributed by atoms with Gasteiger partial charge in [0.1, 0.15) is 0 Å². The maximum atomic E-state index is 11.9. The standard InChI is InChI=1S/C13H14O8/c1-18-10(14)6-5-7(11(15)19-2)9(13(17)21-4)8(6)12(16)20-3/h5H2,1-4H3. The average Bonchev–Trinajstić information content (AvgIpc) is 2.91. The highest BCUT2D eigenvalue weighted by Gasteiger charge is 2.40. The topological polar surface area (TPSA) is 105 Å². The molecule has 0 aromatic rings. The van der Waals surface area contributed by atoms with Crippen LogP contribution in [0.3, 0.4) is 0 Å². The highest BCUT2D eigenvalue weighted by molar-refractivity contribution is 6.18. The molecule has 0 saturated heterocycles. The van der Waals surface area contributed by atoms with Gasteiger partial charge in [-0.1, -0.05) is 0 Å². The Morgan fingerprint density at radius 1 is 0.619 bits per heavy atom. The lowest BCUT2D eigenvalue weighted by Gasteiger charge is -2.07. The first-order valence-electron chi connectivity index (χ1n) is 5.72. The van der Waals surface area contributed by atoms with E-state index in [1.807, 2.05) is 0 Å². The molecule has 8 nitrogen and oxygen atoms in total. The maximum absolute atomic E-state index is 11.9. The summed E-state index contributed by atoms with van der Waals surface area (Å²) in [5.41, 5.74) is -1.02. The van der Waals surface area contributed by atoms with E-state index in [1.54, 1.807) is 0 Å². The fourth-order valence-corrected chi connectivity index (χ4v) is 1.90. The fraction of sp³-hybridized carbons (Fsp3) is 0.385. The van der Waals surface area contributed by atoms with Gasteiger partial charge < -0.3 is 18.9 Å². The number of esters is 4. The van der Waals surface area contributed by atoms with Crippen molar-refractivity contribution in [3.05, 3.63) is 22.3 Å². The molecule has 8 heteroatoms. The molecule has 1 rings (SSSR count). The maximum Gasteiger partial charge on any atom is 0.339 e. The molecule has 0 fully saturated rings. The van der Waals surface area contributed by atoms with Crippen molar-refractivity contribution in [3.8, 4) is 0 Å². The summed E-state index contributed by atoms with van der Waals surface area (Å²) in [5.74, 6) is -3.60. The van der Waals surface area contributed by atoms with Crippen molar-refractivity contribution in [2.24, 2.45) is 0 Å². The highest BCUT2D eigenvalue weighted by atomic mass is 16.5. The zero-order valence-corrected chi connectivity index (χ0v) is 12.0. The van der Waals surface area contributed by atoms with E-state index >= 15 is 0 Å². The Hall–Kier alpha value is -2.64. The van der Waals surface area contributed by atoms with Gasteiger partial charge in [-0.05, 0) is 0 Å². The molecule has 0 N–H and O–H groups in total. The Balaban J connectivity index is 3.54. The van der Waals surface area contributed by atoms with Crippen LogP contribution in [0.25, 0.3) is 0 Å². The van der Waals surface area contributed by atoms with E-state index in [0.29, 0.717) is 0 Å². The first-order valence-corrected chi connectivity index (χ1v) is 5.72. The van der Waals surface area contributed by atoms with Gasteiger partial charge in [0.25, 0.3) is 0 Å². The van der Waals surface area contributed by atoms with Crippen molar-refractivity contribution in [3.63, 3.8) is 0 Å². The fourth-order valence-electron chi connectivity index (χ4n) is 1.90. The van der Waals surface area contributed by atoms with Gasteiger partial charge in [-0.25, -0.2) is 19.2 Å². The van der Waals surface area contributed by atoms with Crippen LogP contribution in [-0.2, 0) is 38.1 Å². The van der Waals surface area contributed by atoms with Crippen LogP contribution < -0.4 is 0 Å². The van der Waals surface area contributed by atoms with Crippen molar-refractivity contribution < 1.29 is 38.1 Å². The smallest absolute Gasteiger partial charge is 0.339 e. The lowest BCUT2D eigenvalue weighted by molar-refractivity contribution is -0.140. The van der Waals surface area contributed by atoms with Gasteiger partial charge in [0, 0.05) is 6.42 Å². The molecule has 0 saturated carbocycles. The molecule has 0 unspecified atom stereocenters. The van der Waals surface area contributed by atoms with E-state index in [-0.39, 0.29) is 28.7 Å². The minimum absolute atomic E-state index is 0.162. The second-order valence-electron chi connectivity index (χ2n) is 3.85. The Morgan fingerprint density at radius 2 is 0.905 bits per heavy atom. The number of hydrogen-bond acceptors (Lipinski definition) is 8. The molecule has 0 spiro atoms. The summed E-state index contributed by atoms with van der Waals surface area (Å²) in [5, 5.41) is 0. The van der Waals surface area contributed by atoms with Gasteiger partial charge in [-0.2, -0.15) is 0 Å². The first kappa shape index (κ1) is 16.4. The van der Waals surface area contributed by atoms with Crippen molar-refractivity contribution in [2.45, 2.75) is 6.42 Å². The number of methoxy groups -OCH3 is 4. The summed E-state index contributed by atoms with van der Waals surface area (Å²) in [6.45, 7) is 0. The summed E-state index contributed by atoms with van der Waals surface area (Å²) >= 11 is 0. The van der Waals surface area contributed by atoms with Gasteiger partial charge in [-0.15, -0.1) is 0 Å². The van der Waals surface area contributed by atoms with E-state index < -0.39 is 23.9 Å². The highest BCUT2D eigenvalue weighted by Crippen LogP contribution is 2.35. The molecule has 0 radical (unpaired) electrons. The van der Waals surface area contributed by atoms with Crippen LogP contribution in [0.5, 0.6) is 0 Å². The van der Waals surface area contributed by atoms with E-state index in [2.05, 4.69) is 18.9 Å². The van der Waals surface area contributed by atoms with Gasteiger partial charge in [0.05, 0.1) is 50.7 Å². The molecular formula is C13H14O8. The molecule has 0 amide bonds. The van der Waals surface area contributed by atoms with Crippen LogP contribution in [0.1, 0.15) is 6.42 Å². The molecule has 21 heavy (non-hydrogen) atoms. The van der Waals surface area contributed by atoms with Crippen LogP contribution in [0, 0.1) is 0 Å². The van der Waals surface area contributed by atoms with Gasteiger partial charge in [-0.3, -0.25) is 0 Å². The van der Waals surface area contributed by atoms with Crippen LogP contribution in [0.4, 0.5) is 0 Å². The van der Waals surface area contributed by atoms with E-state index in [0.717, 1.165) is 28.4 Å². The lowest BCUT2D eigenvalue weighted by Crippen LogP contribution is -2.18. The number of carbonyl (C=O) groups is 4. The second kappa shape index (κ2) is 6.69. The van der Waals surface area contributed by atoms with E-state index in [1.165, 1.54) is 0 Å². The molecular weight excluding hydrogens is 284 g/mol. The Morgan fingerprint density at radius 3 is 1.14 bits per heavy atom. The third-order valence-corrected chi connectivity index (χ3v) is 2.85. The molecule has 0 aromatic carbocycles. The molecule has 114 valence electrons. The Bertz CT molecular complexity index is 517. The summed E-state index contributed by atoms with van der Waals surface area (Å²) in [7, 11) is 4.38. The van der Waals surface area contributed by atoms with Crippen molar-refractivity contribution in [1.29, 1.82) is 0 Å². The number of ether oxygens (including phenoxy) is 4. The predicted octanol–water partition coefficient (Wildman–Crippen LogP) is -0.325. The zero-order chi connectivity index (χ0) is 16.2. The minimum Gasteiger partial charge on any atom is -0.466 e. The molecule has 0 heterocycles. The minimum atomic E-state index is -0.949.